The van der Waals surface area contributed by atoms with Crippen molar-refractivity contribution in [1.82, 2.24) is 19.5 Å². The Bertz CT molecular complexity index is 853. The number of benzene rings is 1. The van der Waals surface area contributed by atoms with E-state index in [0.29, 0.717) is 6.04 Å². The molecule has 120 valence electrons. The van der Waals surface area contributed by atoms with Gasteiger partial charge in [-0.05, 0) is 43.4 Å². The Morgan fingerprint density at radius 2 is 1.78 bits per heavy atom. The number of aromatic nitrogens is 4. The predicted octanol–water partition coefficient (Wildman–Crippen LogP) is 4.68. The molecule has 23 heavy (non-hydrogen) atoms. The normalized spacial score (nSPS) is 12.3. The average Bonchev–Trinajstić information content (AvgIpc) is 2.90. The molecule has 0 unspecified atom stereocenters. The number of nitrogens with zero attached hydrogens (tertiary/aromatic N) is 4. The van der Waals surface area contributed by atoms with Crippen LogP contribution < -0.4 is 0 Å². The molecule has 0 bridgehead atoms. The van der Waals surface area contributed by atoms with Crippen molar-refractivity contribution in [3.8, 4) is 11.3 Å². The van der Waals surface area contributed by atoms with Crippen molar-refractivity contribution in [1.29, 1.82) is 0 Å². The summed E-state index contributed by atoms with van der Waals surface area (Å²) in [6, 6.07) is 6.86. The zero-order valence-electron chi connectivity index (χ0n) is 14.8. The summed E-state index contributed by atoms with van der Waals surface area (Å²) >= 11 is 0. The maximum atomic E-state index is 4.57. The number of fused-ring (bicyclic) bond motifs is 1. The topological polar surface area (TPSA) is 43.6 Å². The summed E-state index contributed by atoms with van der Waals surface area (Å²) in [6.45, 7) is 13.1. The van der Waals surface area contributed by atoms with Crippen LogP contribution in [-0.2, 0) is 5.41 Å². The SMILES string of the molecule is Cc1ccc(-c2ncnc3c2ncn3C(C)C)cc1C(C)(C)C. The summed E-state index contributed by atoms with van der Waals surface area (Å²) in [4.78, 5) is 13.5. The standard InChI is InChI=1S/C19H24N4/c1-12(2)23-11-22-17-16(20-10-21-18(17)23)14-8-7-13(3)15(9-14)19(4,5)6/h7-12H,1-6H3. The largest absolute Gasteiger partial charge is 0.313 e. The summed E-state index contributed by atoms with van der Waals surface area (Å²) in [7, 11) is 0. The van der Waals surface area contributed by atoms with Gasteiger partial charge in [0.2, 0.25) is 0 Å². The van der Waals surface area contributed by atoms with Crippen molar-refractivity contribution < 1.29 is 0 Å². The van der Waals surface area contributed by atoms with Crippen molar-refractivity contribution in [2.75, 3.05) is 0 Å². The highest BCUT2D eigenvalue weighted by Crippen LogP contribution is 2.32. The van der Waals surface area contributed by atoms with E-state index in [-0.39, 0.29) is 5.41 Å². The Morgan fingerprint density at radius 1 is 1.04 bits per heavy atom. The minimum Gasteiger partial charge on any atom is -0.313 e. The number of aryl methyl sites for hydroxylation is 1. The van der Waals surface area contributed by atoms with Crippen LogP contribution in [0.4, 0.5) is 0 Å². The van der Waals surface area contributed by atoms with Crippen LogP contribution in [0.1, 0.15) is 51.8 Å². The van der Waals surface area contributed by atoms with Gasteiger partial charge < -0.3 is 4.57 Å². The molecule has 3 aromatic rings. The van der Waals surface area contributed by atoms with E-state index in [1.165, 1.54) is 11.1 Å². The number of imidazole rings is 1. The first-order valence-electron chi connectivity index (χ1n) is 8.08. The van der Waals surface area contributed by atoms with Crippen LogP contribution in [0, 0.1) is 6.92 Å². The van der Waals surface area contributed by atoms with E-state index in [0.717, 1.165) is 22.4 Å². The monoisotopic (exact) mass is 308 g/mol. The molecule has 4 heteroatoms. The second-order valence-corrected chi connectivity index (χ2v) is 7.42. The summed E-state index contributed by atoms with van der Waals surface area (Å²) in [5.41, 5.74) is 6.50. The molecule has 0 aliphatic carbocycles. The van der Waals surface area contributed by atoms with Gasteiger partial charge in [0.05, 0.1) is 6.33 Å². The Labute approximate surface area is 137 Å². The van der Waals surface area contributed by atoms with Crippen molar-refractivity contribution in [3.05, 3.63) is 42.0 Å². The van der Waals surface area contributed by atoms with Crippen molar-refractivity contribution in [2.24, 2.45) is 0 Å². The van der Waals surface area contributed by atoms with Crippen LogP contribution in [0.25, 0.3) is 22.4 Å². The molecule has 2 heterocycles. The first-order valence-corrected chi connectivity index (χ1v) is 8.08. The molecule has 0 fully saturated rings. The minimum absolute atomic E-state index is 0.101. The minimum atomic E-state index is 0.101. The molecular weight excluding hydrogens is 284 g/mol. The smallest absolute Gasteiger partial charge is 0.164 e. The fourth-order valence-corrected chi connectivity index (χ4v) is 3.02. The van der Waals surface area contributed by atoms with Gasteiger partial charge in [0.15, 0.2) is 5.65 Å². The van der Waals surface area contributed by atoms with Crippen LogP contribution in [0.2, 0.25) is 0 Å². The molecule has 0 saturated heterocycles. The van der Waals surface area contributed by atoms with Gasteiger partial charge in [-0.25, -0.2) is 15.0 Å². The van der Waals surface area contributed by atoms with E-state index in [1.807, 2.05) is 6.33 Å². The van der Waals surface area contributed by atoms with Crippen LogP contribution in [-0.4, -0.2) is 19.5 Å². The van der Waals surface area contributed by atoms with E-state index in [2.05, 4.69) is 79.3 Å². The molecule has 1 aromatic carbocycles. The van der Waals surface area contributed by atoms with Gasteiger partial charge >= 0.3 is 0 Å². The lowest BCUT2D eigenvalue weighted by atomic mass is 9.83. The summed E-state index contributed by atoms with van der Waals surface area (Å²) in [6.07, 6.45) is 3.49. The molecule has 0 radical (unpaired) electrons. The van der Waals surface area contributed by atoms with E-state index >= 15 is 0 Å². The molecule has 0 aliphatic heterocycles. The zero-order chi connectivity index (χ0) is 16.8. The Morgan fingerprint density at radius 3 is 2.43 bits per heavy atom. The maximum Gasteiger partial charge on any atom is 0.164 e. The van der Waals surface area contributed by atoms with Gasteiger partial charge in [0.25, 0.3) is 0 Å². The molecule has 2 aromatic heterocycles. The molecule has 0 N–H and O–H groups in total. The summed E-state index contributed by atoms with van der Waals surface area (Å²) in [5, 5.41) is 0. The molecular formula is C19H24N4. The van der Waals surface area contributed by atoms with Crippen molar-refractivity contribution in [2.45, 2.75) is 53.0 Å². The third-order valence-electron chi connectivity index (χ3n) is 4.23. The fraction of sp³-hybridized carbons (Fsp3) is 0.421. The lowest BCUT2D eigenvalue weighted by Crippen LogP contribution is -2.13. The number of hydrogen-bond donors (Lipinski definition) is 0. The highest BCUT2D eigenvalue weighted by molar-refractivity contribution is 5.87. The highest BCUT2D eigenvalue weighted by atomic mass is 15.1. The maximum absolute atomic E-state index is 4.57. The first kappa shape index (κ1) is 15.7. The Hall–Kier alpha value is -2.23. The lowest BCUT2D eigenvalue weighted by Gasteiger charge is -2.22. The zero-order valence-corrected chi connectivity index (χ0v) is 14.8. The Kier molecular flexibility index (Phi) is 3.71. The second-order valence-electron chi connectivity index (χ2n) is 7.42. The second kappa shape index (κ2) is 5.44. The summed E-state index contributed by atoms with van der Waals surface area (Å²) in [5.74, 6) is 0. The van der Waals surface area contributed by atoms with Crippen molar-refractivity contribution >= 4 is 11.2 Å². The van der Waals surface area contributed by atoms with E-state index in [9.17, 15) is 0 Å². The van der Waals surface area contributed by atoms with Crippen LogP contribution in [0.15, 0.2) is 30.9 Å². The van der Waals surface area contributed by atoms with Gasteiger partial charge in [-0.15, -0.1) is 0 Å². The van der Waals surface area contributed by atoms with Crippen LogP contribution in [0.5, 0.6) is 0 Å². The van der Waals surface area contributed by atoms with Gasteiger partial charge in [0, 0.05) is 11.6 Å². The molecule has 3 rings (SSSR count). The lowest BCUT2D eigenvalue weighted by molar-refractivity contribution is 0.586. The summed E-state index contributed by atoms with van der Waals surface area (Å²) < 4.78 is 2.08. The van der Waals surface area contributed by atoms with Gasteiger partial charge in [-0.3, -0.25) is 0 Å². The number of rotatable bonds is 2. The quantitative estimate of drug-likeness (QED) is 0.690. The number of hydrogen-bond acceptors (Lipinski definition) is 3. The average molecular weight is 308 g/mol. The molecule has 0 saturated carbocycles. The predicted molar refractivity (Wildman–Crippen MR) is 94.6 cm³/mol. The van der Waals surface area contributed by atoms with Gasteiger partial charge in [-0.1, -0.05) is 32.9 Å². The molecule has 0 spiro atoms. The van der Waals surface area contributed by atoms with Crippen LogP contribution >= 0.6 is 0 Å². The van der Waals surface area contributed by atoms with E-state index in [4.69, 9.17) is 0 Å². The molecule has 0 aliphatic rings. The molecule has 4 nitrogen and oxygen atoms in total. The fourth-order valence-electron chi connectivity index (χ4n) is 3.02. The van der Waals surface area contributed by atoms with E-state index in [1.54, 1.807) is 6.33 Å². The van der Waals surface area contributed by atoms with Crippen molar-refractivity contribution in [3.63, 3.8) is 0 Å². The highest BCUT2D eigenvalue weighted by Gasteiger charge is 2.19. The Balaban J connectivity index is 2.22. The van der Waals surface area contributed by atoms with Gasteiger partial charge in [-0.2, -0.15) is 0 Å². The third-order valence-corrected chi connectivity index (χ3v) is 4.23. The third kappa shape index (κ3) is 2.74. The first-order chi connectivity index (χ1) is 10.8. The van der Waals surface area contributed by atoms with Gasteiger partial charge in [0.1, 0.15) is 17.5 Å². The molecule has 0 atom stereocenters. The van der Waals surface area contributed by atoms with E-state index < -0.39 is 0 Å². The molecule has 0 amide bonds. The van der Waals surface area contributed by atoms with Crippen LogP contribution in [0.3, 0.4) is 0 Å².